The van der Waals surface area contributed by atoms with Gasteiger partial charge in [0.2, 0.25) is 0 Å². The Morgan fingerprint density at radius 2 is 0.949 bits per heavy atom. The van der Waals surface area contributed by atoms with Crippen LogP contribution < -0.4 is 0 Å². The molecule has 1 heterocycles. The Hall–Kier alpha value is -4.10. The fourth-order valence-electron chi connectivity index (χ4n) is 5.91. The van der Waals surface area contributed by atoms with Crippen LogP contribution in [0.5, 0.6) is 0 Å². The Labute approximate surface area is 232 Å². The summed E-state index contributed by atoms with van der Waals surface area (Å²) in [5.74, 6) is 0. The van der Waals surface area contributed by atoms with Crippen LogP contribution in [0.2, 0.25) is 0 Å². The molecule has 39 heavy (non-hydrogen) atoms. The summed E-state index contributed by atoms with van der Waals surface area (Å²) in [5.41, 5.74) is 8.83. The summed E-state index contributed by atoms with van der Waals surface area (Å²) in [7, 11) is 0. The van der Waals surface area contributed by atoms with Gasteiger partial charge >= 0.3 is 0 Å². The molecule has 0 unspecified atom stereocenters. The van der Waals surface area contributed by atoms with Gasteiger partial charge in [-0.05, 0) is 91.0 Å². The maximum atomic E-state index is 2.44. The van der Waals surface area contributed by atoms with E-state index in [1.807, 2.05) is 0 Å². The van der Waals surface area contributed by atoms with Gasteiger partial charge in [0.25, 0.3) is 0 Å². The third-order valence-electron chi connectivity index (χ3n) is 7.83. The van der Waals surface area contributed by atoms with Crippen molar-refractivity contribution in [2.45, 2.75) is 52.4 Å². The first-order chi connectivity index (χ1) is 18.6. The molecule has 0 saturated carbocycles. The minimum atomic E-state index is -0.0173. The second-order valence-electron chi connectivity index (χ2n) is 12.8. The quantitative estimate of drug-likeness (QED) is 0.210. The molecule has 0 radical (unpaired) electrons. The Bertz CT molecular complexity index is 1730. The number of rotatable bonds is 3. The third kappa shape index (κ3) is 4.57. The molecule has 0 aliphatic rings. The highest BCUT2D eigenvalue weighted by atomic mass is 15.0. The molecule has 6 rings (SSSR count). The second kappa shape index (κ2) is 9.27. The van der Waals surface area contributed by atoms with E-state index in [4.69, 9.17) is 0 Å². The fraction of sp³-hybridized carbons (Fsp3) is 0.211. The molecule has 5 aromatic carbocycles. The maximum absolute atomic E-state index is 2.44. The van der Waals surface area contributed by atoms with E-state index < -0.39 is 0 Å². The summed E-state index contributed by atoms with van der Waals surface area (Å²) in [6, 6.07) is 42.4. The molecule has 0 aliphatic carbocycles. The molecular formula is C38H37N. The highest BCUT2D eigenvalue weighted by molar-refractivity contribution is 6.02. The number of nitrogens with zero attached hydrogens (tertiary/aromatic N) is 1. The molecule has 0 fully saturated rings. The summed E-state index contributed by atoms with van der Waals surface area (Å²) >= 11 is 0. The zero-order chi connectivity index (χ0) is 27.4. The molecule has 1 nitrogen and oxygen atoms in total. The number of hydrogen-bond acceptors (Lipinski definition) is 0. The van der Waals surface area contributed by atoms with Crippen molar-refractivity contribution in [3.05, 3.63) is 126 Å². The predicted octanol–water partition coefficient (Wildman–Crippen LogP) is 10.7. The van der Waals surface area contributed by atoms with E-state index in [0.29, 0.717) is 0 Å². The van der Waals surface area contributed by atoms with Gasteiger partial charge in [0, 0.05) is 5.69 Å². The van der Waals surface area contributed by atoms with Gasteiger partial charge in [-0.15, -0.1) is 0 Å². The highest BCUT2D eigenvalue weighted by Crippen LogP contribution is 2.40. The Morgan fingerprint density at radius 1 is 0.436 bits per heavy atom. The number of fused-ring (bicyclic) bond motifs is 2. The van der Waals surface area contributed by atoms with E-state index in [-0.39, 0.29) is 10.8 Å². The zero-order valence-electron chi connectivity index (χ0n) is 23.9. The Morgan fingerprint density at radius 3 is 1.49 bits per heavy atom. The standard InChI is InChI=1S/C38H37N/c1-37(2,3)33-19-13-18-28-23-32-29(24-31(28)33)22-30(25-34(32)38(4,5)6)39-35(26-14-9-7-10-15-26)20-21-36(39)27-16-11-8-12-17-27/h7-25H,1-6H3. The SMILES string of the molecule is CC(C)(C)c1cccc2cc3c(C(C)(C)C)cc(-n4c(-c5ccccc5)ccc4-c4ccccc4)cc3cc12. The first-order valence-corrected chi connectivity index (χ1v) is 14.0. The molecule has 1 aromatic heterocycles. The van der Waals surface area contributed by atoms with Crippen molar-refractivity contribution >= 4 is 21.5 Å². The molecule has 1 heteroatoms. The topological polar surface area (TPSA) is 4.93 Å². The van der Waals surface area contributed by atoms with Gasteiger partial charge < -0.3 is 4.57 Å². The monoisotopic (exact) mass is 507 g/mol. The molecule has 0 saturated heterocycles. The van der Waals surface area contributed by atoms with Gasteiger partial charge in [0.05, 0.1) is 11.4 Å². The average molecular weight is 508 g/mol. The van der Waals surface area contributed by atoms with Crippen LogP contribution in [0.25, 0.3) is 49.7 Å². The van der Waals surface area contributed by atoms with Crippen molar-refractivity contribution in [1.29, 1.82) is 0 Å². The minimum Gasteiger partial charge on any atom is -0.309 e. The van der Waals surface area contributed by atoms with E-state index >= 15 is 0 Å². The van der Waals surface area contributed by atoms with Crippen LogP contribution in [-0.4, -0.2) is 4.57 Å². The lowest BCUT2D eigenvalue weighted by atomic mass is 9.80. The van der Waals surface area contributed by atoms with Crippen LogP contribution in [0, 0.1) is 0 Å². The van der Waals surface area contributed by atoms with Crippen molar-refractivity contribution in [2.24, 2.45) is 0 Å². The number of aromatic nitrogens is 1. The minimum absolute atomic E-state index is 0.0173. The molecule has 0 atom stereocenters. The summed E-state index contributed by atoms with van der Waals surface area (Å²) in [4.78, 5) is 0. The normalized spacial score (nSPS) is 12.4. The summed E-state index contributed by atoms with van der Waals surface area (Å²) in [6.45, 7) is 13.9. The molecule has 0 N–H and O–H groups in total. The lowest BCUT2D eigenvalue weighted by Gasteiger charge is -2.26. The zero-order valence-corrected chi connectivity index (χ0v) is 23.9. The number of hydrogen-bond donors (Lipinski definition) is 0. The fourth-order valence-corrected chi connectivity index (χ4v) is 5.91. The van der Waals surface area contributed by atoms with Gasteiger partial charge in [-0.2, -0.15) is 0 Å². The summed E-state index contributed by atoms with van der Waals surface area (Å²) < 4.78 is 2.44. The van der Waals surface area contributed by atoms with Crippen molar-refractivity contribution in [1.82, 2.24) is 4.57 Å². The van der Waals surface area contributed by atoms with Crippen molar-refractivity contribution in [2.75, 3.05) is 0 Å². The summed E-state index contributed by atoms with van der Waals surface area (Å²) in [6.07, 6.45) is 0. The Balaban J connectivity index is 1.71. The lowest BCUT2D eigenvalue weighted by Crippen LogP contribution is -2.14. The summed E-state index contributed by atoms with van der Waals surface area (Å²) in [5, 5.41) is 5.27. The van der Waals surface area contributed by atoms with Crippen LogP contribution in [0.1, 0.15) is 52.7 Å². The smallest absolute Gasteiger partial charge is 0.0535 e. The lowest BCUT2D eigenvalue weighted by molar-refractivity contribution is 0.595. The van der Waals surface area contributed by atoms with E-state index in [2.05, 4.69) is 161 Å². The second-order valence-corrected chi connectivity index (χ2v) is 12.8. The van der Waals surface area contributed by atoms with Gasteiger partial charge in [0.15, 0.2) is 0 Å². The van der Waals surface area contributed by atoms with Crippen LogP contribution in [0.3, 0.4) is 0 Å². The number of benzene rings is 5. The van der Waals surface area contributed by atoms with Crippen molar-refractivity contribution in [3.8, 4) is 28.2 Å². The van der Waals surface area contributed by atoms with Gasteiger partial charge in [0.1, 0.15) is 0 Å². The first-order valence-electron chi connectivity index (χ1n) is 14.0. The van der Waals surface area contributed by atoms with E-state index in [9.17, 15) is 0 Å². The van der Waals surface area contributed by atoms with Crippen molar-refractivity contribution in [3.63, 3.8) is 0 Å². The van der Waals surface area contributed by atoms with Gasteiger partial charge in [-0.1, -0.05) is 120 Å². The van der Waals surface area contributed by atoms with Crippen LogP contribution in [-0.2, 0) is 10.8 Å². The molecule has 0 bridgehead atoms. The largest absolute Gasteiger partial charge is 0.309 e. The van der Waals surface area contributed by atoms with E-state index in [1.54, 1.807) is 0 Å². The molecular weight excluding hydrogens is 470 g/mol. The molecule has 194 valence electrons. The van der Waals surface area contributed by atoms with Crippen molar-refractivity contribution < 1.29 is 0 Å². The molecule has 6 aromatic rings. The Kier molecular flexibility index (Phi) is 5.99. The highest BCUT2D eigenvalue weighted by Gasteiger charge is 2.23. The predicted molar refractivity (Wildman–Crippen MR) is 169 cm³/mol. The molecule has 0 amide bonds. The van der Waals surface area contributed by atoms with E-state index in [1.165, 1.54) is 60.9 Å². The van der Waals surface area contributed by atoms with E-state index in [0.717, 1.165) is 0 Å². The van der Waals surface area contributed by atoms with Gasteiger partial charge in [-0.3, -0.25) is 0 Å². The molecule has 0 spiro atoms. The molecule has 0 aliphatic heterocycles. The van der Waals surface area contributed by atoms with Crippen LogP contribution >= 0.6 is 0 Å². The van der Waals surface area contributed by atoms with Crippen LogP contribution in [0.15, 0.2) is 115 Å². The van der Waals surface area contributed by atoms with Crippen LogP contribution in [0.4, 0.5) is 0 Å². The first kappa shape index (κ1) is 25.2. The third-order valence-corrected chi connectivity index (χ3v) is 7.83. The maximum Gasteiger partial charge on any atom is 0.0535 e. The van der Waals surface area contributed by atoms with Gasteiger partial charge in [-0.25, -0.2) is 0 Å². The average Bonchev–Trinajstić information content (AvgIpc) is 3.36.